The highest BCUT2D eigenvalue weighted by Crippen LogP contribution is 2.20. The average Bonchev–Trinajstić information content (AvgIpc) is 2.64. The van der Waals surface area contributed by atoms with Gasteiger partial charge in [-0.2, -0.15) is 0 Å². The molecule has 0 aliphatic carbocycles. The van der Waals surface area contributed by atoms with Crippen molar-refractivity contribution in [3.63, 3.8) is 0 Å². The van der Waals surface area contributed by atoms with Gasteiger partial charge in [0.2, 0.25) is 0 Å². The molecule has 0 saturated heterocycles. The van der Waals surface area contributed by atoms with Crippen LogP contribution in [0, 0.1) is 13.8 Å². The van der Waals surface area contributed by atoms with E-state index in [0.717, 1.165) is 23.2 Å². The van der Waals surface area contributed by atoms with Gasteiger partial charge in [-0.25, -0.2) is 0 Å². The van der Waals surface area contributed by atoms with E-state index in [1.54, 1.807) is 11.3 Å². The summed E-state index contributed by atoms with van der Waals surface area (Å²) in [5.41, 5.74) is 1.18. The highest BCUT2D eigenvalue weighted by molar-refractivity contribution is 9.09. The van der Waals surface area contributed by atoms with Gasteiger partial charge < -0.3 is 10.1 Å². The Kier molecular flexibility index (Phi) is 6.77. The minimum Gasteiger partial charge on any atom is -0.381 e. The van der Waals surface area contributed by atoms with Gasteiger partial charge in [-0.1, -0.05) is 15.9 Å². The van der Waals surface area contributed by atoms with Crippen LogP contribution in [0.3, 0.4) is 0 Å². The maximum Gasteiger partial charge on any atom is 0.261 e. The third-order valence-corrected chi connectivity index (χ3v) is 3.84. The Morgan fingerprint density at radius 3 is 2.82 bits per heavy atom. The zero-order valence-corrected chi connectivity index (χ0v) is 12.6. The Balaban J connectivity index is 2.21. The Hall–Kier alpha value is -0.390. The molecule has 3 nitrogen and oxygen atoms in total. The highest BCUT2D eigenvalue weighted by Gasteiger charge is 2.09. The first kappa shape index (κ1) is 14.7. The summed E-state index contributed by atoms with van der Waals surface area (Å²) in [4.78, 5) is 13.7. The van der Waals surface area contributed by atoms with Gasteiger partial charge in [0.25, 0.3) is 5.91 Å². The van der Waals surface area contributed by atoms with Crippen LogP contribution in [0.15, 0.2) is 6.07 Å². The van der Waals surface area contributed by atoms with Gasteiger partial charge in [0, 0.05) is 23.4 Å². The predicted octanol–water partition coefficient (Wildman–Crippen LogP) is 2.90. The summed E-state index contributed by atoms with van der Waals surface area (Å²) < 4.78 is 5.30. The quantitative estimate of drug-likeness (QED) is 0.620. The number of carbonyl (C=O) groups excluding carboxylic acids is 1. The molecule has 0 spiro atoms. The van der Waals surface area contributed by atoms with E-state index in [0.29, 0.717) is 13.2 Å². The first-order chi connectivity index (χ1) is 8.15. The average molecular weight is 320 g/mol. The predicted molar refractivity (Wildman–Crippen MR) is 75.4 cm³/mol. The van der Waals surface area contributed by atoms with Crippen LogP contribution in [0.1, 0.15) is 26.5 Å². The molecule has 0 aliphatic rings. The van der Waals surface area contributed by atoms with Gasteiger partial charge in [0.1, 0.15) is 0 Å². The van der Waals surface area contributed by atoms with Gasteiger partial charge in [-0.05, 0) is 31.9 Å². The minimum atomic E-state index is 0.0201. The second-order valence-corrected chi connectivity index (χ2v) is 5.81. The molecule has 1 aromatic heterocycles. The van der Waals surface area contributed by atoms with Crippen molar-refractivity contribution in [3.8, 4) is 0 Å². The molecular formula is C12H18BrNO2S. The summed E-state index contributed by atoms with van der Waals surface area (Å²) in [6.45, 7) is 6.13. The van der Waals surface area contributed by atoms with E-state index in [9.17, 15) is 4.79 Å². The van der Waals surface area contributed by atoms with Crippen molar-refractivity contribution < 1.29 is 9.53 Å². The summed E-state index contributed by atoms with van der Waals surface area (Å²) >= 11 is 4.83. The smallest absolute Gasteiger partial charge is 0.261 e. The first-order valence-electron chi connectivity index (χ1n) is 5.64. The van der Waals surface area contributed by atoms with Gasteiger partial charge in [-0.3, -0.25) is 4.79 Å². The Morgan fingerprint density at radius 1 is 1.47 bits per heavy atom. The number of aryl methyl sites for hydroxylation is 2. The number of nitrogens with one attached hydrogen (secondary N) is 1. The lowest BCUT2D eigenvalue weighted by molar-refractivity contribution is 0.0948. The largest absolute Gasteiger partial charge is 0.381 e. The maximum atomic E-state index is 11.8. The van der Waals surface area contributed by atoms with Crippen LogP contribution in [0.2, 0.25) is 0 Å². The SMILES string of the molecule is Cc1cc(C(=O)NCCCOCCBr)sc1C. The van der Waals surface area contributed by atoms with Crippen molar-refractivity contribution in [3.05, 3.63) is 21.4 Å². The van der Waals surface area contributed by atoms with Crippen molar-refractivity contribution in [2.45, 2.75) is 20.3 Å². The van der Waals surface area contributed by atoms with E-state index in [4.69, 9.17) is 4.74 Å². The monoisotopic (exact) mass is 319 g/mol. The standard InChI is InChI=1S/C12H18BrNO2S/c1-9-8-11(17-10(9)2)12(15)14-5-3-6-16-7-4-13/h8H,3-7H2,1-2H3,(H,14,15). The number of ether oxygens (including phenoxy) is 1. The van der Waals surface area contributed by atoms with Crippen molar-refractivity contribution in [1.29, 1.82) is 0 Å². The van der Waals surface area contributed by atoms with E-state index in [-0.39, 0.29) is 5.91 Å². The number of amides is 1. The third kappa shape index (κ3) is 5.19. The molecule has 0 unspecified atom stereocenters. The molecule has 0 aliphatic heterocycles. The summed E-state index contributed by atoms with van der Waals surface area (Å²) in [5.74, 6) is 0.0201. The molecule has 1 heterocycles. The van der Waals surface area contributed by atoms with E-state index < -0.39 is 0 Å². The lowest BCUT2D eigenvalue weighted by Gasteiger charge is -2.04. The van der Waals surface area contributed by atoms with E-state index in [1.165, 1.54) is 10.4 Å². The fourth-order valence-electron chi connectivity index (χ4n) is 1.30. The van der Waals surface area contributed by atoms with E-state index >= 15 is 0 Å². The van der Waals surface area contributed by atoms with Crippen LogP contribution in [-0.2, 0) is 4.74 Å². The van der Waals surface area contributed by atoms with Crippen molar-refractivity contribution >= 4 is 33.2 Å². The number of thiophene rings is 1. The van der Waals surface area contributed by atoms with Crippen LogP contribution < -0.4 is 5.32 Å². The lowest BCUT2D eigenvalue weighted by atomic mass is 10.3. The number of alkyl halides is 1. The Morgan fingerprint density at radius 2 is 2.24 bits per heavy atom. The van der Waals surface area contributed by atoms with Crippen LogP contribution in [-0.4, -0.2) is 31.0 Å². The van der Waals surface area contributed by atoms with Gasteiger partial charge in [0.15, 0.2) is 0 Å². The molecule has 17 heavy (non-hydrogen) atoms. The lowest BCUT2D eigenvalue weighted by Crippen LogP contribution is -2.24. The molecule has 0 atom stereocenters. The molecule has 1 rings (SSSR count). The second kappa shape index (κ2) is 7.84. The zero-order chi connectivity index (χ0) is 12.7. The molecular weight excluding hydrogens is 302 g/mol. The van der Waals surface area contributed by atoms with Crippen LogP contribution >= 0.6 is 27.3 Å². The summed E-state index contributed by atoms with van der Waals surface area (Å²) in [6, 6.07) is 1.94. The fraction of sp³-hybridized carbons (Fsp3) is 0.583. The van der Waals surface area contributed by atoms with Gasteiger partial charge in [-0.15, -0.1) is 11.3 Å². The summed E-state index contributed by atoms with van der Waals surface area (Å²) in [6.07, 6.45) is 0.849. The molecule has 1 amide bonds. The molecule has 0 fully saturated rings. The molecule has 1 N–H and O–H groups in total. The fourth-order valence-corrected chi connectivity index (χ4v) is 2.48. The van der Waals surface area contributed by atoms with E-state index in [2.05, 4.69) is 21.2 Å². The second-order valence-electron chi connectivity index (χ2n) is 3.76. The summed E-state index contributed by atoms with van der Waals surface area (Å²) in [5, 5.41) is 3.75. The Bertz CT molecular complexity index is 346. The van der Waals surface area contributed by atoms with E-state index in [1.807, 2.05) is 19.9 Å². The molecule has 0 saturated carbocycles. The number of hydrogen-bond donors (Lipinski definition) is 1. The van der Waals surface area contributed by atoms with Crippen LogP contribution in [0.5, 0.6) is 0 Å². The Labute approximate surface area is 115 Å². The number of hydrogen-bond acceptors (Lipinski definition) is 3. The van der Waals surface area contributed by atoms with Crippen molar-refractivity contribution in [2.24, 2.45) is 0 Å². The summed E-state index contributed by atoms with van der Waals surface area (Å²) in [7, 11) is 0. The van der Waals surface area contributed by atoms with Crippen LogP contribution in [0.25, 0.3) is 0 Å². The molecule has 96 valence electrons. The zero-order valence-electron chi connectivity index (χ0n) is 10.2. The number of halogens is 1. The molecule has 0 aromatic carbocycles. The van der Waals surface area contributed by atoms with Crippen molar-refractivity contribution in [1.82, 2.24) is 5.32 Å². The maximum absolute atomic E-state index is 11.8. The number of rotatable bonds is 7. The minimum absolute atomic E-state index is 0.0201. The van der Waals surface area contributed by atoms with Crippen LogP contribution in [0.4, 0.5) is 0 Å². The molecule has 5 heteroatoms. The molecule has 0 radical (unpaired) electrons. The normalized spacial score (nSPS) is 10.5. The van der Waals surface area contributed by atoms with Crippen molar-refractivity contribution in [2.75, 3.05) is 25.1 Å². The number of carbonyl (C=O) groups is 1. The highest BCUT2D eigenvalue weighted by atomic mass is 79.9. The third-order valence-electron chi connectivity index (χ3n) is 2.36. The first-order valence-corrected chi connectivity index (χ1v) is 7.58. The molecule has 0 bridgehead atoms. The van der Waals surface area contributed by atoms with Gasteiger partial charge >= 0.3 is 0 Å². The topological polar surface area (TPSA) is 38.3 Å². The molecule has 1 aromatic rings. The van der Waals surface area contributed by atoms with Gasteiger partial charge in [0.05, 0.1) is 11.5 Å².